The highest BCUT2D eigenvalue weighted by molar-refractivity contribution is 7.10. The van der Waals surface area contributed by atoms with Crippen LogP contribution in [0.4, 0.5) is 0 Å². The molecule has 0 N–H and O–H groups in total. The van der Waals surface area contributed by atoms with E-state index >= 15 is 0 Å². The van der Waals surface area contributed by atoms with Crippen molar-refractivity contribution in [3.05, 3.63) is 45.6 Å². The van der Waals surface area contributed by atoms with Crippen molar-refractivity contribution in [2.24, 2.45) is 5.92 Å². The molecule has 1 fully saturated rings. The Kier molecular flexibility index (Phi) is 5.71. The Morgan fingerprint density at radius 2 is 2.04 bits per heavy atom. The summed E-state index contributed by atoms with van der Waals surface area (Å²) in [4.78, 5) is 4.08. The molecule has 5 heteroatoms. The van der Waals surface area contributed by atoms with Gasteiger partial charge in [-0.3, -0.25) is 4.90 Å². The molecule has 0 spiro atoms. The number of rotatable bonds is 5. The maximum atomic E-state index is 5.76. The second kappa shape index (κ2) is 8.21. The van der Waals surface area contributed by atoms with Crippen LogP contribution >= 0.6 is 11.3 Å². The zero-order chi connectivity index (χ0) is 18.8. The largest absolute Gasteiger partial charge is 0.493 e. The topological polar surface area (TPSA) is 30.9 Å². The third-order valence-corrected chi connectivity index (χ3v) is 6.80. The Bertz CT molecular complexity index is 761. The molecule has 2 aliphatic rings. The fraction of sp³-hybridized carbons (Fsp3) is 0.545. The lowest BCUT2D eigenvalue weighted by Gasteiger charge is -2.40. The number of fused-ring (bicyclic) bond motifs is 1. The van der Waals surface area contributed by atoms with Gasteiger partial charge in [0.05, 0.1) is 26.4 Å². The number of nitrogens with zero attached hydrogens (tertiary/aromatic N) is 1. The maximum Gasteiger partial charge on any atom is 0.161 e. The SMILES string of the molecule is COc1cc2c(cc1OC)[C@H](c1cccs1)N(C[C@@H]1CCO[C@H](C)C1)CC2. The Hall–Kier alpha value is -1.56. The van der Waals surface area contributed by atoms with Gasteiger partial charge in [-0.25, -0.2) is 0 Å². The lowest BCUT2D eigenvalue weighted by molar-refractivity contribution is -0.00829. The second-order valence-corrected chi connectivity index (χ2v) is 8.62. The van der Waals surface area contributed by atoms with E-state index in [2.05, 4.69) is 41.5 Å². The van der Waals surface area contributed by atoms with Crippen molar-refractivity contribution in [2.45, 2.75) is 38.3 Å². The molecule has 3 heterocycles. The average molecular weight is 388 g/mol. The summed E-state index contributed by atoms with van der Waals surface area (Å²) in [6, 6.07) is 9.08. The number of benzene rings is 1. The molecule has 0 saturated carbocycles. The van der Waals surface area contributed by atoms with Gasteiger partial charge in [0.1, 0.15) is 0 Å². The van der Waals surface area contributed by atoms with Gasteiger partial charge in [0.25, 0.3) is 0 Å². The van der Waals surface area contributed by atoms with Crippen LogP contribution in [0.5, 0.6) is 11.5 Å². The highest BCUT2D eigenvalue weighted by atomic mass is 32.1. The van der Waals surface area contributed by atoms with E-state index in [0.717, 1.165) is 50.5 Å². The van der Waals surface area contributed by atoms with E-state index in [4.69, 9.17) is 14.2 Å². The number of ether oxygens (including phenoxy) is 3. The van der Waals surface area contributed by atoms with Crippen molar-refractivity contribution in [1.29, 1.82) is 0 Å². The van der Waals surface area contributed by atoms with Crippen LogP contribution in [0.1, 0.15) is 41.8 Å². The molecule has 3 atom stereocenters. The molecule has 4 nitrogen and oxygen atoms in total. The summed E-state index contributed by atoms with van der Waals surface area (Å²) in [6.07, 6.45) is 3.75. The van der Waals surface area contributed by atoms with E-state index in [1.165, 1.54) is 16.0 Å². The Balaban J connectivity index is 1.68. The van der Waals surface area contributed by atoms with E-state index in [9.17, 15) is 0 Å². The van der Waals surface area contributed by atoms with Gasteiger partial charge in [-0.15, -0.1) is 11.3 Å². The van der Waals surface area contributed by atoms with Gasteiger partial charge in [-0.1, -0.05) is 6.07 Å². The molecule has 1 aromatic carbocycles. The quantitative estimate of drug-likeness (QED) is 0.754. The summed E-state index contributed by atoms with van der Waals surface area (Å²) < 4.78 is 16.9. The van der Waals surface area contributed by atoms with Crippen molar-refractivity contribution >= 4 is 11.3 Å². The summed E-state index contributed by atoms with van der Waals surface area (Å²) in [6.45, 7) is 5.30. The van der Waals surface area contributed by atoms with E-state index in [0.29, 0.717) is 18.1 Å². The van der Waals surface area contributed by atoms with Gasteiger partial charge in [-0.2, -0.15) is 0 Å². The molecule has 0 aliphatic carbocycles. The first-order valence-corrected chi connectivity index (χ1v) is 10.7. The van der Waals surface area contributed by atoms with Crippen molar-refractivity contribution in [3.63, 3.8) is 0 Å². The predicted octanol–water partition coefficient (Wildman–Crippen LogP) is 4.53. The minimum absolute atomic E-state index is 0.298. The number of thiophene rings is 1. The number of hydrogen-bond acceptors (Lipinski definition) is 5. The highest BCUT2D eigenvalue weighted by Gasteiger charge is 2.33. The van der Waals surface area contributed by atoms with Crippen molar-refractivity contribution in [3.8, 4) is 11.5 Å². The average Bonchev–Trinajstić information content (AvgIpc) is 3.21. The van der Waals surface area contributed by atoms with Gasteiger partial charge in [0.2, 0.25) is 0 Å². The zero-order valence-corrected chi connectivity index (χ0v) is 17.3. The molecule has 27 heavy (non-hydrogen) atoms. The Labute approximate surface area is 166 Å². The first kappa shape index (κ1) is 18.8. The third-order valence-electron chi connectivity index (χ3n) is 5.87. The van der Waals surface area contributed by atoms with Crippen LogP contribution in [0, 0.1) is 5.92 Å². The summed E-state index contributed by atoms with van der Waals surface area (Å²) in [5.41, 5.74) is 2.74. The molecular weight excluding hydrogens is 358 g/mol. The lowest BCUT2D eigenvalue weighted by Crippen LogP contribution is -2.41. The lowest BCUT2D eigenvalue weighted by atomic mass is 9.88. The van der Waals surface area contributed by atoms with Crippen LogP contribution in [0.25, 0.3) is 0 Å². The fourth-order valence-electron chi connectivity index (χ4n) is 4.56. The Morgan fingerprint density at radius 3 is 2.74 bits per heavy atom. The minimum Gasteiger partial charge on any atom is -0.493 e. The summed E-state index contributed by atoms with van der Waals surface area (Å²) in [5.74, 6) is 2.35. The van der Waals surface area contributed by atoms with Crippen LogP contribution in [0.3, 0.4) is 0 Å². The smallest absolute Gasteiger partial charge is 0.161 e. The predicted molar refractivity (Wildman–Crippen MR) is 109 cm³/mol. The minimum atomic E-state index is 0.298. The molecule has 0 amide bonds. The second-order valence-electron chi connectivity index (χ2n) is 7.64. The molecule has 2 aromatic rings. The van der Waals surface area contributed by atoms with Crippen LogP contribution in [-0.4, -0.2) is 44.9 Å². The summed E-state index contributed by atoms with van der Waals surface area (Å²) >= 11 is 1.84. The van der Waals surface area contributed by atoms with Gasteiger partial charge in [0, 0.05) is 24.6 Å². The van der Waals surface area contributed by atoms with Gasteiger partial charge in [-0.05, 0) is 66.8 Å². The van der Waals surface area contributed by atoms with Crippen LogP contribution in [0.15, 0.2) is 29.6 Å². The molecular formula is C22H29NO3S. The third kappa shape index (κ3) is 3.86. The number of methoxy groups -OCH3 is 2. The summed E-state index contributed by atoms with van der Waals surface area (Å²) in [7, 11) is 3.43. The van der Waals surface area contributed by atoms with Gasteiger partial charge >= 0.3 is 0 Å². The molecule has 0 radical (unpaired) electrons. The molecule has 1 aromatic heterocycles. The molecule has 4 rings (SSSR count). The van der Waals surface area contributed by atoms with Gasteiger partial charge < -0.3 is 14.2 Å². The Morgan fingerprint density at radius 1 is 1.22 bits per heavy atom. The van der Waals surface area contributed by atoms with E-state index in [1.807, 2.05) is 11.3 Å². The molecule has 1 saturated heterocycles. The van der Waals surface area contributed by atoms with E-state index in [-0.39, 0.29) is 0 Å². The highest BCUT2D eigenvalue weighted by Crippen LogP contribution is 2.42. The zero-order valence-electron chi connectivity index (χ0n) is 16.4. The molecule has 146 valence electrons. The molecule has 0 bridgehead atoms. The van der Waals surface area contributed by atoms with Gasteiger partial charge in [0.15, 0.2) is 11.5 Å². The monoisotopic (exact) mass is 387 g/mol. The summed E-state index contributed by atoms with van der Waals surface area (Å²) in [5, 5.41) is 2.18. The first-order valence-electron chi connectivity index (χ1n) is 9.83. The normalized spacial score (nSPS) is 25.8. The van der Waals surface area contributed by atoms with E-state index in [1.54, 1.807) is 14.2 Å². The first-order chi connectivity index (χ1) is 13.2. The van der Waals surface area contributed by atoms with Crippen LogP contribution in [0.2, 0.25) is 0 Å². The van der Waals surface area contributed by atoms with Crippen LogP contribution < -0.4 is 9.47 Å². The number of hydrogen-bond donors (Lipinski definition) is 0. The van der Waals surface area contributed by atoms with Crippen molar-refractivity contribution in [1.82, 2.24) is 4.90 Å². The fourth-order valence-corrected chi connectivity index (χ4v) is 5.44. The molecule has 0 unspecified atom stereocenters. The maximum absolute atomic E-state index is 5.76. The van der Waals surface area contributed by atoms with E-state index < -0.39 is 0 Å². The van der Waals surface area contributed by atoms with Crippen LogP contribution in [-0.2, 0) is 11.2 Å². The standard InChI is InChI=1S/C22H29NO3S/c1-15-11-16(7-9-26-15)14-23-8-6-17-12-19(24-2)20(25-3)13-18(17)22(23)21-5-4-10-27-21/h4-5,10,12-13,15-16,22H,6-9,11,14H2,1-3H3/t15-,16-,22-/m1/s1. The van der Waals surface area contributed by atoms with Crippen molar-refractivity contribution < 1.29 is 14.2 Å². The molecule has 2 aliphatic heterocycles. The van der Waals surface area contributed by atoms with Crippen molar-refractivity contribution in [2.75, 3.05) is 33.9 Å².